The van der Waals surface area contributed by atoms with E-state index >= 15 is 0 Å². The zero-order chi connectivity index (χ0) is 20.4. The standard InChI is InChI=1S/C22H25ClN6/c1-15-10-16(2)12-18(11-15)27-21-20(24)22(26-14-25-21)29-8-6-28(7-9-29)19-5-3-4-17(23)13-19/h3-5,10-14H,6-9,24H2,1-2H3,(H,25,26,27). The molecule has 6 nitrogen and oxygen atoms in total. The van der Waals surface area contributed by atoms with E-state index in [9.17, 15) is 0 Å². The molecule has 0 unspecified atom stereocenters. The molecular weight excluding hydrogens is 384 g/mol. The molecule has 150 valence electrons. The van der Waals surface area contributed by atoms with Crippen LogP contribution in [-0.4, -0.2) is 36.1 Å². The molecule has 0 spiro atoms. The highest BCUT2D eigenvalue weighted by Gasteiger charge is 2.21. The average molecular weight is 409 g/mol. The molecule has 0 atom stereocenters. The number of piperazine rings is 1. The summed E-state index contributed by atoms with van der Waals surface area (Å²) in [5.74, 6) is 1.41. The first kappa shape index (κ1) is 19.3. The molecule has 3 aromatic rings. The molecule has 1 aliphatic rings. The van der Waals surface area contributed by atoms with Gasteiger partial charge in [0, 0.05) is 42.6 Å². The van der Waals surface area contributed by atoms with Crippen LogP contribution in [0.25, 0.3) is 0 Å². The van der Waals surface area contributed by atoms with Gasteiger partial charge in [0.1, 0.15) is 12.0 Å². The Morgan fingerprint density at radius 2 is 1.62 bits per heavy atom. The zero-order valence-electron chi connectivity index (χ0n) is 16.7. The number of anilines is 5. The Labute approximate surface area is 176 Å². The average Bonchev–Trinajstić information content (AvgIpc) is 2.69. The van der Waals surface area contributed by atoms with Crippen LogP contribution in [0.3, 0.4) is 0 Å². The van der Waals surface area contributed by atoms with Gasteiger partial charge in [-0.15, -0.1) is 0 Å². The van der Waals surface area contributed by atoms with Crippen LogP contribution in [-0.2, 0) is 0 Å². The lowest BCUT2D eigenvalue weighted by Gasteiger charge is -2.37. The maximum absolute atomic E-state index is 6.44. The summed E-state index contributed by atoms with van der Waals surface area (Å²) in [5.41, 5.74) is 11.5. The summed E-state index contributed by atoms with van der Waals surface area (Å²) in [6.45, 7) is 7.57. The number of hydrogen-bond donors (Lipinski definition) is 2. The van der Waals surface area contributed by atoms with Crippen LogP contribution in [0.2, 0.25) is 5.02 Å². The third-order valence-corrected chi connectivity index (χ3v) is 5.33. The molecule has 0 radical (unpaired) electrons. The first-order valence-corrected chi connectivity index (χ1v) is 10.1. The van der Waals surface area contributed by atoms with E-state index in [4.69, 9.17) is 17.3 Å². The van der Waals surface area contributed by atoms with Gasteiger partial charge in [-0.1, -0.05) is 23.7 Å². The van der Waals surface area contributed by atoms with Crippen LogP contribution in [0.1, 0.15) is 11.1 Å². The normalized spacial score (nSPS) is 14.2. The van der Waals surface area contributed by atoms with E-state index in [0.717, 1.165) is 48.4 Å². The SMILES string of the molecule is Cc1cc(C)cc(Nc2ncnc(N3CCN(c4cccc(Cl)c4)CC3)c2N)c1. The van der Waals surface area contributed by atoms with Gasteiger partial charge < -0.3 is 20.9 Å². The van der Waals surface area contributed by atoms with Crippen LogP contribution < -0.4 is 20.9 Å². The second-order valence-corrected chi connectivity index (χ2v) is 7.85. The van der Waals surface area contributed by atoms with Gasteiger partial charge >= 0.3 is 0 Å². The lowest BCUT2D eigenvalue weighted by atomic mass is 10.1. The van der Waals surface area contributed by atoms with Crippen molar-refractivity contribution < 1.29 is 0 Å². The van der Waals surface area contributed by atoms with Gasteiger partial charge in [0.2, 0.25) is 0 Å². The predicted molar refractivity (Wildman–Crippen MR) is 122 cm³/mol. The summed E-state index contributed by atoms with van der Waals surface area (Å²) < 4.78 is 0. The van der Waals surface area contributed by atoms with Gasteiger partial charge in [-0.25, -0.2) is 9.97 Å². The molecule has 0 bridgehead atoms. The quantitative estimate of drug-likeness (QED) is 0.666. The molecule has 1 fully saturated rings. The minimum Gasteiger partial charge on any atom is -0.393 e. The maximum atomic E-state index is 6.44. The number of rotatable bonds is 4. The summed E-state index contributed by atoms with van der Waals surface area (Å²) in [5, 5.41) is 4.10. The Morgan fingerprint density at radius 1 is 0.931 bits per heavy atom. The van der Waals surface area contributed by atoms with Crippen molar-refractivity contribution in [2.24, 2.45) is 0 Å². The summed E-state index contributed by atoms with van der Waals surface area (Å²) in [6.07, 6.45) is 1.57. The number of aromatic nitrogens is 2. The number of aryl methyl sites for hydroxylation is 2. The van der Waals surface area contributed by atoms with Gasteiger partial charge in [0.05, 0.1) is 0 Å². The molecule has 29 heavy (non-hydrogen) atoms. The van der Waals surface area contributed by atoms with Crippen LogP contribution in [0.5, 0.6) is 0 Å². The highest BCUT2D eigenvalue weighted by atomic mass is 35.5. The molecule has 2 heterocycles. The largest absolute Gasteiger partial charge is 0.393 e. The zero-order valence-corrected chi connectivity index (χ0v) is 17.4. The van der Waals surface area contributed by atoms with Gasteiger partial charge in [-0.2, -0.15) is 0 Å². The fourth-order valence-corrected chi connectivity index (χ4v) is 3.96. The number of nitrogen functional groups attached to an aromatic ring is 1. The van der Waals surface area contributed by atoms with Crippen molar-refractivity contribution in [1.82, 2.24) is 9.97 Å². The predicted octanol–water partition coefficient (Wildman–Crippen LogP) is 4.40. The molecule has 2 aromatic carbocycles. The van der Waals surface area contributed by atoms with E-state index in [1.54, 1.807) is 6.33 Å². The molecule has 4 rings (SSSR count). The van der Waals surface area contributed by atoms with Gasteiger partial charge in [-0.3, -0.25) is 0 Å². The maximum Gasteiger partial charge on any atom is 0.159 e. The second-order valence-electron chi connectivity index (χ2n) is 7.41. The van der Waals surface area contributed by atoms with Crippen molar-refractivity contribution in [2.45, 2.75) is 13.8 Å². The lowest BCUT2D eigenvalue weighted by molar-refractivity contribution is 0.647. The van der Waals surface area contributed by atoms with Crippen molar-refractivity contribution in [3.8, 4) is 0 Å². The molecule has 7 heteroatoms. The Kier molecular flexibility index (Phi) is 5.45. The van der Waals surface area contributed by atoms with E-state index in [1.165, 1.54) is 11.1 Å². The van der Waals surface area contributed by atoms with Gasteiger partial charge in [0.25, 0.3) is 0 Å². The van der Waals surface area contributed by atoms with Crippen LogP contribution in [0, 0.1) is 13.8 Å². The molecule has 1 aliphatic heterocycles. The Bertz CT molecular complexity index is 994. The van der Waals surface area contributed by atoms with Crippen molar-refractivity contribution in [1.29, 1.82) is 0 Å². The summed E-state index contributed by atoms with van der Waals surface area (Å²) in [7, 11) is 0. The smallest absolute Gasteiger partial charge is 0.159 e. The minimum atomic E-state index is 0.572. The Balaban J connectivity index is 1.49. The van der Waals surface area contributed by atoms with E-state index in [1.807, 2.05) is 18.2 Å². The van der Waals surface area contributed by atoms with Crippen molar-refractivity contribution in [2.75, 3.05) is 47.0 Å². The van der Waals surface area contributed by atoms with E-state index in [-0.39, 0.29) is 0 Å². The summed E-state index contributed by atoms with van der Waals surface area (Å²) >= 11 is 6.14. The first-order chi connectivity index (χ1) is 14.0. The first-order valence-electron chi connectivity index (χ1n) is 9.71. The highest BCUT2D eigenvalue weighted by molar-refractivity contribution is 6.30. The Hall–Kier alpha value is -2.99. The topological polar surface area (TPSA) is 70.3 Å². The highest BCUT2D eigenvalue weighted by Crippen LogP contribution is 2.30. The van der Waals surface area contributed by atoms with Crippen LogP contribution >= 0.6 is 11.6 Å². The third-order valence-electron chi connectivity index (χ3n) is 5.10. The van der Waals surface area contributed by atoms with Crippen molar-refractivity contribution in [3.05, 3.63) is 64.9 Å². The number of nitrogens with one attached hydrogen (secondary N) is 1. The summed E-state index contributed by atoms with van der Waals surface area (Å²) in [4.78, 5) is 13.4. The molecule has 1 aromatic heterocycles. The number of nitrogens with two attached hydrogens (primary N) is 1. The third kappa shape index (κ3) is 4.38. The van der Waals surface area contributed by atoms with Crippen molar-refractivity contribution in [3.63, 3.8) is 0 Å². The minimum absolute atomic E-state index is 0.572. The fourth-order valence-electron chi connectivity index (χ4n) is 3.77. The monoisotopic (exact) mass is 408 g/mol. The molecule has 3 N–H and O–H groups in total. The molecule has 0 amide bonds. The molecule has 0 saturated carbocycles. The molecular formula is C22H25ClN6. The van der Waals surface area contributed by atoms with Gasteiger partial charge in [0.15, 0.2) is 11.6 Å². The Morgan fingerprint density at radius 3 is 2.31 bits per heavy atom. The van der Waals surface area contributed by atoms with Crippen LogP contribution in [0.4, 0.5) is 28.7 Å². The molecule has 0 aliphatic carbocycles. The van der Waals surface area contributed by atoms with E-state index in [0.29, 0.717) is 11.5 Å². The van der Waals surface area contributed by atoms with Crippen LogP contribution in [0.15, 0.2) is 48.8 Å². The number of hydrogen-bond acceptors (Lipinski definition) is 6. The number of benzene rings is 2. The summed E-state index contributed by atoms with van der Waals surface area (Å²) in [6, 6.07) is 14.3. The molecule has 1 saturated heterocycles. The second kappa shape index (κ2) is 8.17. The van der Waals surface area contributed by atoms with E-state index in [2.05, 4.69) is 63.2 Å². The van der Waals surface area contributed by atoms with E-state index < -0.39 is 0 Å². The fraction of sp³-hybridized carbons (Fsp3) is 0.273. The lowest BCUT2D eigenvalue weighted by Crippen LogP contribution is -2.47. The number of nitrogens with zero attached hydrogens (tertiary/aromatic N) is 4. The van der Waals surface area contributed by atoms with Crippen molar-refractivity contribution >= 4 is 40.3 Å². The number of halogens is 1. The van der Waals surface area contributed by atoms with Gasteiger partial charge in [-0.05, 0) is 55.3 Å².